The molecule has 0 aliphatic heterocycles. The third-order valence-corrected chi connectivity index (χ3v) is 3.12. The number of rotatable bonds is 2. The Labute approximate surface area is 108 Å². The molecule has 0 saturated heterocycles. The van der Waals surface area contributed by atoms with E-state index in [9.17, 15) is 9.59 Å². The highest BCUT2D eigenvalue weighted by atomic mass is 35.5. The maximum absolute atomic E-state index is 11.2. The van der Waals surface area contributed by atoms with Crippen molar-refractivity contribution in [3.63, 3.8) is 0 Å². The van der Waals surface area contributed by atoms with Crippen LogP contribution in [0.5, 0.6) is 0 Å². The average molecular weight is 264 g/mol. The summed E-state index contributed by atoms with van der Waals surface area (Å²) in [7, 11) is 0. The zero-order valence-corrected chi connectivity index (χ0v) is 10.3. The van der Waals surface area contributed by atoms with Crippen molar-refractivity contribution >= 4 is 17.6 Å². The number of hydrogen-bond donors (Lipinski definition) is 2. The zero-order valence-electron chi connectivity index (χ0n) is 9.53. The fourth-order valence-electron chi connectivity index (χ4n) is 1.77. The van der Waals surface area contributed by atoms with Gasteiger partial charge < -0.3 is 10.1 Å². The summed E-state index contributed by atoms with van der Waals surface area (Å²) in [5.41, 5.74) is 1.42. The summed E-state index contributed by atoms with van der Waals surface area (Å²) in [5.74, 6) is -1.14. The first-order valence-corrected chi connectivity index (χ1v) is 5.60. The first-order valence-electron chi connectivity index (χ1n) is 5.22. The molecule has 4 nitrogen and oxygen atoms in total. The van der Waals surface area contributed by atoms with Crippen molar-refractivity contribution in [3.8, 4) is 11.1 Å². The molecule has 0 aliphatic carbocycles. The van der Waals surface area contributed by atoms with Crippen molar-refractivity contribution in [1.29, 1.82) is 0 Å². The molecule has 0 fully saturated rings. The summed E-state index contributed by atoms with van der Waals surface area (Å²) in [6.07, 6.45) is 1.39. The van der Waals surface area contributed by atoms with Crippen LogP contribution in [0.4, 0.5) is 0 Å². The molecular weight excluding hydrogens is 254 g/mol. The van der Waals surface area contributed by atoms with E-state index in [0.29, 0.717) is 16.1 Å². The molecule has 0 bridgehead atoms. The lowest BCUT2D eigenvalue weighted by molar-refractivity contribution is 0.0697. The number of aromatic nitrogens is 1. The largest absolute Gasteiger partial charge is 0.478 e. The number of carbonyl (C=O) groups is 1. The van der Waals surface area contributed by atoms with Crippen molar-refractivity contribution < 1.29 is 9.90 Å². The summed E-state index contributed by atoms with van der Waals surface area (Å²) >= 11 is 6.01. The zero-order chi connectivity index (χ0) is 13.3. The van der Waals surface area contributed by atoms with Crippen molar-refractivity contribution in [3.05, 3.63) is 57.0 Å². The van der Waals surface area contributed by atoms with Crippen molar-refractivity contribution in [2.75, 3.05) is 0 Å². The maximum atomic E-state index is 11.2. The summed E-state index contributed by atoms with van der Waals surface area (Å²) in [4.78, 5) is 24.8. The molecule has 2 N–H and O–H groups in total. The molecule has 0 atom stereocenters. The second kappa shape index (κ2) is 4.66. The molecule has 1 aromatic carbocycles. The van der Waals surface area contributed by atoms with Gasteiger partial charge in [-0.25, -0.2) is 4.79 Å². The predicted molar refractivity (Wildman–Crippen MR) is 69.2 cm³/mol. The van der Waals surface area contributed by atoms with Gasteiger partial charge in [0.1, 0.15) is 0 Å². The number of hydrogen-bond acceptors (Lipinski definition) is 2. The van der Waals surface area contributed by atoms with Gasteiger partial charge in [-0.05, 0) is 24.1 Å². The van der Waals surface area contributed by atoms with Crippen molar-refractivity contribution in [2.24, 2.45) is 0 Å². The molecule has 1 heterocycles. The number of carboxylic acid groups (broad SMARTS) is 1. The fraction of sp³-hybridized carbons (Fsp3) is 0.0769. The van der Waals surface area contributed by atoms with Crippen LogP contribution in [0.15, 0.2) is 35.3 Å². The Bertz CT molecular complexity index is 676. The van der Waals surface area contributed by atoms with Gasteiger partial charge in [-0.15, -0.1) is 0 Å². The lowest BCUT2D eigenvalue weighted by atomic mass is 9.98. The highest BCUT2D eigenvalue weighted by molar-refractivity contribution is 6.31. The standard InChI is InChI=1S/C13H10ClNO3/c1-7-8(3-2-4-11(7)14)10-6-15-12(16)5-9(10)13(17)18/h2-6H,1H3,(H,15,16)(H,17,18). The number of aromatic amines is 1. The highest BCUT2D eigenvalue weighted by Gasteiger charge is 2.14. The van der Waals surface area contributed by atoms with Crippen LogP contribution in [0, 0.1) is 6.92 Å². The number of pyridine rings is 1. The monoisotopic (exact) mass is 263 g/mol. The lowest BCUT2D eigenvalue weighted by Gasteiger charge is -2.09. The molecule has 0 aliphatic rings. The molecular formula is C13H10ClNO3. The first kappa shape index (κ1) is 12.4. The van der Waals surface area contributed by atoms with Gasteiger partial charge in [0.25, 0.3) is 0 Å². The normalized spacial score (nSPS) is 10.3. The van der Waals surface area contributed by atoms with E-state index in [0.717, 1.165) is 11.6 Å². The van der Waals surface area contributed by atoms with Crippen LogP contribution in [-0.2, 0) is 0 Å². The minimum Gasteiger partial charge on any atom is -0.478 e. The Kier molecular flexibility index (Phi) is 3.21. The number of benzene rings is 1. The number of halogens is 1. The second-order valence-corrected chi connectivity index (χ2v) is 4.25. The Hall–Kier alpha value is -2.07. The van der Waals surface area contributed by atoms with Gasteiger partial charge in [-0.2, -0.15) is 0 Å². The van der Waals surface area contributed by atoms with Crippen LogP contribution < -0.4 is 5.56 Å². The van der Waals surface area contributed by atoms with E-state index in [1.54, 1.807) is 25.1 Å². The maximum Gasteiger partial charge on any atom is 0.336 e. The minimum atomic E-state index is -1.14. The van der Waals surface area contributed by atoms with Crippen LogP contribution >= 0.6 is 11.6 Å². The molecule has 2 rings (SSSR count). The van der Waals surface area contributed by atoms with Crippen LogP contribution in [-0.4, -0.2) is 16.1 Å². The fourth-order valence-corrected chi connectivity index (χ4v) is 1.95. The van der Waals surface area contributed by atoms with E-state index in [4.69, 9.17) is 16.7 Å². The van der Waals surface area contributed by atoms with Crippen LogP contribution in [0.25, 0.3) is 11.1 Å². The molecule has 2 aromatic rings. The van der Waals surface area contributed by atoms with Crippen LogP contribution in [0.1, 0.15) is 15.9 Å². The van der Waals surface area contributed by atoms with E-state index in [1.807, 2.05) is 0 Å². The second-order valence-electron chi connectivity index (χ2n) is 3.84. The van der Waals surface area contributed by atoms with Crippen molar-refractivity contribution in [2.45, 2.75) is 6.92 Å². The van der Waals surface area contributed by atoms with E-state index in [2.05, 4.69) is 4.98 Å². The first-order chi connectivity index (χ1) is 8.50. The van der Waals surface area contributed by atoms with Gasteiger partial charge in [-0.3, -0.25) is 4.79 Å². The topological polar surface area (TPSA) is 70.2 Å². The molecule has 0 spiro atoms. The Morgan fingerprint density at radius 2 is 2.06 bits per heavy atom. The molecule has 0 saturated carbocycles. The van der Waals surface area contributed by atoms with Gasteiger partial charge in [0.15, 0.2) is 0 Å². The molecule has 1 aromatic heterocycles. The molecule has 5 heteroatoms. The minimum absolute atomic E-state index is 0.0379. The highest BCUT2D eigenvalue weighted by Crippen LogP contribution is 2.29. The van der Waals surface area contributed by atoms with Crippen molar-refractivity contribution in [1.82, 2.24) is 4.98 Å². The van der Waals surface area contributed by atoms with Gasteiger partial charge in [0.2, 0.25) is 5.56 Å². The SMILES string of the molecule is Cc1c(Cl)cccc1-c1c[nH]c(=O)cc1C(=O)O. The van der Waals surface area contributed by atoms with Gasteiger partial charge in [0, 0.05) is 22.8 Å². The summed E-state index contributed by atoms with van der Waals surface area (Å²) in [6, 6.07) is 6.30. The number of nitrogens with one attached hydrogen (secondary N) is 1. The molecule has 0 amide bonds. The predicted octanol–water partition coefficient (Wildman–Crippen LogP) is 2.70. The number of H-pyrrole nitrogens is 1. The van der Waals surface area contributed by atoms with Gasteiger partial charge in [0.05, 0.1) is 5.56 Å². The number of carboxylic acids is 1. The summed E-state index contributed by atoms with van der Waals surface area (Å²) < 4.78 is 0. The Balaban J connectivity index is 2.75. The van der Waals surface area contributed by atoms with Crippen LogP contribution in [0.2, 0.25) is 5.02 Å². The Morgan fingerprint density at radius 3 is 2.72 bits per heavy atom. The molecule has 18 heavy (non-hydrogen) atoms. The van der Waals surface area contributed by atoms with Gasteiger partial charge in [-0.1, -0.05) is 23.7 Å². The molecule has 92 valence electrons. The third-order valence-electron chi connectivity index (χ3n) is 2.71. The molecule has 0 radical (unpaired) electrons. The van der Waals surface area contributed by atoms with E-state index >= 15 is 0 Å². The van der Waals surface area contributed by atoms with Gasteiger partial charge >= 0.3 is 5.97 Å². The lowest BCUT2D eigenvalue weighted by Crippen LogP contribution is -2.10. The summed E-state index contributed by atoms with van der Waals surface area (Å²) in [6.45, 7) is 1.80. The average Bonchev–Trinajstić information content (AvgIpc) is 2.33. The Morgan fingerprint density at radius 1 is 1.33 bits per heavy atom. The van der Waals surface area contributed by atoms with Crippen LogP contribution in [0.3, 0.4) is 0 Å². The van der Waals surface area contributed by atoms with E-state index < -0.39 is 11.5 Å². The third kappa shape index (κ3) is 2.15. The van der Waals surface area contributed by atoms with E-state index in [1.165, 1.54) is 6.20 Å². The molecule has 0 unspecified atom stereocenters. The summed E-state index contributed by atoms with van der Waals surface area (Å²) in [5, 5.41) is 9.68. The number of aromatic carboxylic acids is 1. The quantitative estimate of drug-likeness (QED) is 0.875. The van der Waals surface area contributed by atoms with E-state index in [-0.39, 0.29) is 5.56 Å². The smallest absolute Gasteiger partial charge is 0.336 e.